The summed E-state index contributed by atoms with van der Waals surface area (Å²) in [6.45, 7) is 1.01. The van der Waals surface area contributed by atoms with Crippen molar-refractivity contribution in [3.63, 3.8) is 0 Å². The van der Waals surface area contributed by atoms with Gasteiger partial charge >= 0.3 is 6.18 Å². The summed E-state index contributed by atoms with van der Waals surface area (Å²) in [5.41, 5.74) is 1.15. The van der Waals surface area contributed by atoms with Crippen LogP contribution in [0.2, 0.25) is 0 Å². The molecule has 0 bridgehead atoms. The van der Waals surface area contributed by atoms with Gasteiger partial charge in [-0.05, 0) is 48.4 Å². The maximum Gasteiger partial charge on any atom is 0.416 e. The van der Waals surface area contributed by atoms with Crippen LogP contribution in [-0.4, -0.2) is 32.3 Å². The molecule has 0 aromatic heterocycles. The van der Waals surface area contributed by atoms with Gasteiger partial charge in [0.15, 0.2) is 11.5 Å². The highest BCUT2D eigenvalue weighted by molar-refractivity contribution is 5.49. The van der Waals surface area contributed by atoms with Crippen LogP contribution in [0, 0.1) is 0 Å². The van der Waals surface area contributed by atoms with Crippen LogP contribution in [0.1, 0.15) is 22.8 Å². The van der Waals surface area contributed by atoms with Crippen LogP contribution < -0.4 is 20.1 Å². The van der Waals surface area contributed by atoms with Gasteiger partial charge in [-0.1, -0.05) is 0 Å². The first-order chi connectivity index (χ1) is 12.8. The zero-order chi connectivity index (χ0) is 19.6. The van der Waals surface area contributed by atoms with Gasteiger partial charge in [-0.2, -0.15) is 13.2 Å². The summed E-state index contributed by atoms with van der Waals surface area (Å²) in [6.07, 6.45) is -4.14. The first-order valence-corrected chi connectivity index (χ1v) is 8.40. The number of rotatable bonds is 4. The van der Waals surface area contributed by atoms with Crippen LogP contribution in [0.5, 0.6) is 17.2 Å². The Kier molecular flexibility index (Phi) is 5.48. The number of methoxy groups -OCH3 is 2. The molecule has 0 saturated heterocycles. The topological polar surface area (TPSA) is 57.0 Å². The number of hydrogen-bond acceptors (Lipinski definition) is 5. The van der Waals surface area contributed by atoms with Crippen molar-refractivity contribution in [2.45, 2.75) is 18.7 Å². The number of hydrazine groups is 1. The second-order valence-corrected chi connectivity index (χ2v) is 6.28. The van der Waals surface area contributed by atoms with Crippen LogP contribution in [0.3, 0.4) is 0 Å². The number of hydrogen-bond donors (Lipinski definition) is 1. The zero-order valence-electron chi connectivity index (χ0n) is 15.0. The normalized spacial score (nSPS) is 17.8. The minimum Gasteiger partial charge on any atom is -0.493 e. The molecule has 0 aliphatic carbocycles. The Morgan fingerprint density at radius 2 is 1.67 bits per heavy atom. The summed E-state index contributed by atoms with van der Waals surface area (Å²) in [4.78, 5) is 0. The molecule has 2 aromatic carbocycles. The predicted octanol–water partition coefficient (Wildman–Crippen LogP) is 3.57. The first kappa shape index (κ1) is 19.3. The number of ether oxygens (including phenoxy) is 3. The highest BCUT2D eigenvalue weighted by Crippen LogP contribution is 2.37. The molecule has 0 spiro atoms. The summed E-state index contributed by atoms with van der Waals surface area (Å²) in [7, 11) is 3.11. The van der Waals surface area contributed by atoms with E-state index in [9.17, 15) is 13.2 Å². The fraction of sp³-hybridized carbons (Fsp3) is 0.368. The number of fused-ring (bicyclic) bond motifs is 1. The molecule has 146 valence electrons. The Hall–Kier alpha value is -2.45. The molecule has 1 aliphatic heterocycles. The summed E-state index contributed by atoms with van der Waals surface area (Å²) in [5.74, 6) is 7.52. The fourth-order valence-electron chi connectivity index (χ4n) is 3.11. The van der Waals surface area contributed by atoms with Crippen LogP contribution in [0.4, 0.5) is 13.2 Å². The lowest BCUT2D eigenvalue weighted by Gasteiger charge is -2.23. The van der Waals surface area contributed by atoms with E-state index in [4.69, 9.17) is 20.1 Å². The molecule has 1 unspecified atom stereocenters. The van der Waals surface area contributed by atoms with E-state index in [1.54, 1.807) is 19.2 Å². The molecule has 2 N–H and O–H groups in total. The quantitative estimate of drug-likeness (QED) is 0.820. The van der Waals surface area contributed by atoms with Gasteiger partial charge in [-0.15, -0.1) is 0 Å². The third-order valence-electron chi connectivity index (χ3n) is 4.52. The van der Waals surface area contributed by atoms with Crippen molar-refractivity contribution in [3.8, 4) is 17.2 Å². The van der Waals surface area contributed by atoms with Gasteiger partial charge in [-0.25, -0.2) is 5.01 Å². The van der Waals surface area contributed by atoms with E-state index < -0.39 is 17.8 Å². The molecular weight excluding hydrogens is 361 g/mol. The smallest absolute Gasteiger partial charge is 0.416 e. The van der Waals surface area contributed by atoms with Crippen molar-refractivity contribution in [3.05, 3.63) is 53.1 Å². The molecule has 0 amide bonds. The number of alkyl halides is 3. The first-order valence-electron chi connectivity index (χ1n) is 8.40. The summed E-state index contributed by atoms with van der Waals surface area (Å²) < 4.78 is 54.9. The van der Waals surface area contributed by atoms with E-state index in [2.05, 4.69) is 0 Å². The van der Waals surface area contributed by atoms with Crippen molar-refractivity contribution in [2.75, 3.05) is 27.3 Å². The molecule has 8 heteroatoms. The molecule has 27 heavy (non-hydrogen) atoms. The molecule has 0 radical (unpaired) electrons. The third kappa shape index (κ3) is 4.28. The van der Waals surface area contributed by atoms with E-state index in [0.29, 0.717) is 36.8 Å². The second kappa shape index (κ2) is 7.66. The number of nitrogens with zero attached hydrogens (tertiary/aromatic N) is 1. The lowest BCUT2D eigenvalue weighted by Crippen LogP contribution is -2.36. The van der Waals surface area contributed by atoms with Gasteiger partial charge in [0.05, 0.1) is 26.3 Å². The monoisotopic (exact) mass is 382 g/mol. The molecule has 0 fully saturated rings. The van der Waals surface area contributed by atoms with Crippen molar-refractivity contribution in [1.29, 1.82) is 0 Å². The molecule has 1 heterocycles. The van der Waals surface area contributed by atoms with Gasteiger partial charge in [0.25, 0.3) is 0 Å². The molecule has 2 aromatic rings. The average molecular weight is 382 g/mol. The van der Waals surface area contributed by atoms with Gasteiger partial charge in [0.2, 0.25) is 0 Å². The molecule has 0 saturated carbocycles. The van der Waals surface area contributed by atoms with Crippen molar-refractivity contribution in [1.82, 2.24) is 5.01 Å². The van der Waals surface area contributed by atoms with E-state index in [-0.39, 0.29) is 0 Å². The van der Waals surface area contributed by atoms with Crippen LogP contribution in [0.15, 0.2) is 36.4 Å². The highest BCUT2D eigenvalue weighted by atomic mass is 19.4. The lowest BCUT2D eigenvalue weighted by molar-refractivity contribution is -0.137. The zero-order valence-corrected chi connectivity index (χ0v) is 15.0. The Morgan fingerprint density at radius 1 is 1.04 bits per heavy atom. The number of nitrogens with two attached hydrogens (primary N) is 1. The van der Waals surface area contributed by atoms with Crippen molar-refractivity contribution >= 4 is 0 Å². The fourth-order valence-corrected chi connectivity index (χ4v) is 3.11. The summed E-state index contributed by atoms with van der Waals surface area (Å²) in [5, 5.41) is 1.63. The Bertz CT molecular complexity index is 794. The highest BCUT2D eigenvalue weighted by Gasteiger charge is 2.30. The van der Waals surface area contributed by atoms with Gasteiger partial charge in [0.1, 0.15) is 11.9 Å². The summed E-state index contributed by atoms with van der Waals surface area (Å²) in [6, 6.07) is 8.35. The Morgan fingerprint density at radius 3 is 2.26 bits per heavy atom. The molecule has 1 aliphatic rings. The maximum atomic E-state index is 12.7. The number of benzene rings is 2. The van der Waals surface area contributed by atoms with E-state index in [1.165, 1.54) is 12.1 Å². The SMILES string of the molecule is COc1cc2c(cc1OC)C(Oc1ccc(C(F)(F)F)cc1)CN(N)CC2. The van der Waals surface area contributed by atoms with Crippen molar-refractivity contribution < 1.29 is 27.4 Å². The number of halogens is 3. The van der Waals surface area contributed by atoms with Crippen LogP contribution >= 0.6 is 0 Å². The molecule has 1 atom stereocenters. The predicted molar refractivity (Wildman–Crippen MR) is 93.8 cm³/mol. The van der Waals surface area contributed by atoms with E-state index in [0.717, 1.165) is 23.3 Å². The van der Waals surface area contributed by atoms with Gasteiger partial charge in [-0.3, -0.25) is 5.84 Å². The van der Waals surface area contributed by atoms with Crippen LogP contribution in [-0.2, 0) is 12.6 Å². The Balaban J connectivity index is 1.93. The maximum absolute atomic E-state index is 12.7. The van der Waals surface area contributed by atoms with Crippen LogP contribution in [0.25, 0.3) is 0 Å². The van der Waals surface area contributed by atoms with Gasteiger partial charge < -0.3 is 14.2 Å². The molecular formula is C19H21F3N2O3. The van der Waals surface area contributed by atoms with Gasteiger partial charge in [0, 0.05) is 12.1 Å². The minimum absolute atomic E-state index is 0.337. The molecule has 3 rings (SSSR count). The Labute approximate surface area is 155 Å². The second-order valence-electron chi connectivity index (χ2n) is 6.28. The van der Waals surface area contributed by atoms with E-state index >= 15 is 0 Å². The third-order valence-corrected chi connectivity index (χ3v) is 4.52. The van der Waals surface area contributed by atoms with E-state index in [1.807, 2.05) is 12.1 Å². The molecule has 5 nitrogen and oxygen atoms in total. The summed E-state index contributed by atoms with van der Waals surface area (Å²) >= 11 is 0. The average Bonchev–Trinajstić information content (AvgIpc) is 2.79. The lowest BCUT2D eigenvalue weighted by atomic mass is 10.00. The standard InChI is InChI=1S/C19H21F3N2O3/c1-25-16-9-12-7-8-24(23)11-18(15(12)10-17(16)26-2)27-14-5-3-13(4-6-14)19(20,21)22/h3-6,9-10,18H,7-8,11,23H2,1-2H3. The minimum atomic E-state index is -4.38. The van der Waals surface area contributed by atoms with Crippen molar-refractivity contribution in [2.24, 2.45) is 5.84 Å². The largest absolute Gasteiger partial charge is 0.493 e.